The van der Waals surface area contributed by atoms with Crippen molar-refractivity contribution in [3.05, 3.63) is 61.9 Å². The summed E-state index contributed by atoms with van der Waals surface area (Å²) in [6.45, 7) is 0.138. The number of benzene rings is 2. The average molecular weight is 502 g/mol. The van der Waals surface area contributed by atoms with E-state index in [0.717, 1.165) is 5.56 Å². The van der Waals surface area contributed by atoms with Crippen molar-refractivity contribution in [3.63, 3.8) is 0 Å². The van der Waals surface area contributed by atoms with Crippen LogP contribution < -0.4 is 10.1 Å². The van der Waals surface area contributed by atoms with Crippen LogP contribution in [0.5, 0.6) is 5.75 Å². The van der Waals surface area contributed by atoms with Crippen molar-refractivity contribution in [2.45, 2.75) is 6.42 Å². The maximum Gasteiger partial charge on any atom is 0.266 e. The Balaban J connectivity index is 1.65. The van der Waals surface area contributed by atoms with Crippen molar-refractivity contribution >= 4 is 86.7 Å². The fourth-order valence-corrected chi connectivity index (χ4v) is 4.56. The van der Waals surface area contributed by atoms with Crippen molar-refractivity contribution in [1.82, 2.24) is 4.90 Å². The highest BCUT2D eigenvalue weighted by atomic mass is 35.5. The Kier molecular flexibility index (Phi) is 7.65. The molecule has 1 fully saturated rings. The van der Waals surface area contributed by atoms with Crippen LogP contribution in [-0.4, -0.2) is 34.7 Å². The molecule has 1 N–H and O–H groups in total. The number of para-hydroxylation sites is 1. The van der Waals surface area contributed by atoms with Gasteiger partial charge in [-0.1, -0.05) is 77.0 Å². The van der Waals surface area contributed by atoms with E-state index in [2.05, 4.69) is 5.32 Å². The van der Waals surface area contributed by atoms with Gasteiger partial charge in [0.1, 0.15) is 10.1 Å². The molecule has 0 atom stereocenters. The first-order chi connectivity index (χ1) is 14.3. The summed E-state index contributed by atoms with van der Waals surface area (Å²) < 4.78 is 5.70. The lowest BCUT2D eigenvalue weighted by atomic mass is 10.2. The molecule has 0 unspecified atom stereocenters. The van der Waals surface area contributed by atoms with Gasteiger partial charge in [0, 0.05) is 18.5 Å². The molecular weight excluding hydrogens is 487 g/mol. The molecule has 1 aliphatic heterocycles. The number of ether oxygens (including phenoxy) is 1. The van der Waals surface area contributed by atoms with Crippen LogP contribution >= 0.6 is 58.8 Å². The van der Waals surface area contributed by atoms with Crippen molar-refractivity contribution in [1.29, 1.82) is 0 Å². The SMILES string of the molecule is COc1ccccc1/C=C1\SC(=S)N(CCC(=O)Nc2cc(Cl)c(Cl)cc2Cl)C1=O. The summed E-state index contributed by atoms with van der Waals surface area (Å²) in [6, 6.07) is 10.3. The molecule has 1 saturated heterocycles. The van der Waals surface area contributed by atoms with Crippen LogP contribution in [0, 0.1) is 0 Å². The molecule has 2 aromatic carbocycles. The summed E-state index contributed by atoms with van der Waals surface area (Å²) in [5.74, 6) is 0.0648. The quantitative estimate of drug-likeness (QED) is 0.304. The number of carbonyl (C=O) groups is 2. The van der Waals surface area contributed by atoms with E-state index in [1.807, 2.05) is 24.3 Å². The Hall–Kier alpha value is -1.77. The van der Waals surface area contributed by atoms with Crippen LogP contribution in [0.1, 0.15) is 12.0 Å². The molecule has 2 amide bonds. The zero-order valence-corrected chi connectivity index (χ0v) is 19.5. The van der Waals surface area contributed by atoms with Crippen LogP contribution in [-0.2, 0) is 9.59 Å². The number of nitrogens with zero attached hydrogens (tertiary/aromatic N) is 1. The van der Waals surface area contributed by atoms with Crippen LogP contribution in [0.15, 0.2) is 41.3 Å². The van der Waals surface area contributed by atoms with Gasteiger partial charge in [0.2, 0.25) is 5.91 Å². The van der Waals surface area contributed by atoms with E-state index in [0.29, 0.717) is 25.7 Å². The number of amides is 2. The molecule has 0 radical (unpaired) electrons. The fraction of sp³-hybridized carbons (Fsp3) is 0.150. The molecule has 1 heterocycles. The van der Waals surface area contributed by atoms with Gasteiger partial charge < -0.3 is 10.1 Å². The van der Waals surface area contributed by atoms with Gasteiger partial charge in [-0.05, 0) is 24.3 Å². The van der Waals surface area contributed by atoms with E-state index < -0.39 is 0 Å². The molecular formula is C20H15Cl3N2O3S2. The third-order valence-corrected chi connectivity index (χ3v) is 6.56. The summed E-state index contributed by atoms with van der Waals surface area (Å²) in [4.78, 5) is 26.9. The highest BCUT2D eigenvalue weighted by Crippen LogP contribution is 2.35. The number of rotatable bonds is 6. The lowest BCUT2D eigenvalue weighted by molar-refractivity contribution is -0.122. The standard InChI is InChI=1S/C20H15Cl3N2O3S2/c1-28-16-5-3-2-4-11(16)8-17-19(27)25(20(29)30-17)7-6-18(26)24-15-10-13(22)12(21)9-14(15)23/h2-5,8-10H,6-7H2,1H3,(H,24,26)/b17-8-. The van der Waals surface area contributed by atoms with E-state index in [4.69, 9.17) is 51.8 Å². The molecule has 0 saturated carbocycles. The second kappa shape index (κ2) is 10.0. The molecule has 10 heteroatoms. The average Bonchev–Trinajstić information content (AvgIpc) is 2.97. The Morgan fingerprint density at radius 3 is 2.63 bits per heavy atom. The molecule has 2 aromatic rings. The van der Waals surface area contributed by atoms with Gasteiger partial charge in [0.15, 0.2) is 0 Å². The fourth-order valence-electron chi connectivity index (χ4n) is 2.66. The van der Waals surface area contributed by atoms with Crippen LogP contribution in [0.2, 0.25) is 15.1 Å². The Morgan fingerprint density at radius 1 is 1.20 bits per heavy atom. The number of hydrogen-bond donors (Lipinski definition) is 1. The van der Waals surface area contributed by atoms with Gasteiger partial charge >= 0.3 is 0 Å². The molecule has 30 heavy (non-hydrogen) atoms. The Bertz CT molecular complexity index is 1060. The number of carbonyl (C=O) groups excluding carboxylic acids is 2. The van der Waals surface area contributed by atoms with E-state index in [-0.39, 0.29) is 34.8 Å². The van der Waals surface area contributed by atoms with Crippen molar-refractivity contribution in [3.8, 4) is 5.75 Å². The normalized spacial score (nSPS) is 15.1. The Labute approximate surface area is 198 Å². The molecule has 3 rings (SSSR count). The summed E-state index contributed by atoms with van der Waals surface area (Å²) in [6.07, 6.45) is 1.76. The second-order valence-corrected chi connectivity index (χ2v) is 9.02. The third kappa shape index (κ3) is 5.28. The summed E-state index contributed by atoms with van der Waals surface area (Å²) in [5, 5.41) is 3.50. The first kappa shape index (κ1) is 22.9. The van der Waals surface area contributed by atoms with E-state index in [1.165, 1.54) is 28.8 Å². The first-order valence-electron chi connectivity index (χ1n) is 8.63. The summed E-state index contributed by atoms with van der Waals surface area (Å²) in [7, 11) is 1.57. The van der Waals surface area contributed by atoms with Gasteiger partial charge in [-0.3, -0.25) is 14.5 Å². The van der Waals surface area contributed by atoms with E-state index >= 15 is 0 Å². The molecule has 0 aromatic heterocycles. The number of thiocarbonyl (C=S) groups is 1. The maximum atomic E-state index is 12.8. The number of halogens is 3. The largest absolute Gasteiger partial charge is 0.496 e. The smallest absolute Gasteiger partial charge is 0.266 e. The molecule has 156 valence electrons. The highest BCUT2D eigenvalue weighted by Gasteiger charge is 2.32. The lowest BCUT2D eigenvalue weighted by Crippen LogP contribution is -2.31. The molecule has 5 nitrogen and oxygen atoms in total. The van der Waals surface area contributed by atoms with Gasteiger partial charge in [-0.25, -0.2) is 0 Å². The van der Waals surface area contributed by atoms with Crippen molar-refractivity contribution < 1.29 is 14.3 Å². The van der Waals surface area contributed by atoms with Gasteiger partial charge in [-0.2, -0.15) is 0 Å². The Morgan fingerprint density at radius 2 is 1.90 bits per heavy atom. The monoisotopic (exact) mass is 500 g/mol. The van der Waals surface area contributed by atoms with Crippen LogP contribution in [0.25, 0.3) is 6.08 Å². The number of thioether (sulfide) groups is 1. The molecule has 0 spiro atoms. The highest BCUT2D eigenvalue weighted by molar-refractivity contribution is 8.26. The topological polar surface area (TPSA) is 58.6 Å². The minimum Gasteiger partial charge on any atom is -0.496 e. The molecule has 0 bridgehead atoms. The van der Waals surface area contributed by atoms with Gasteiger partial charge in [0.05, 0.1) is 32.8 Å². The number of hydrogen-bond acceptors (Lipinski definition) is 5. The zero-order valence-electron chi connectivity index (χ0n) is 15.6. The van der Waals surface area contributed by atoms with E-state index in [1.54, 1.807) is 13.2 Å². The van der Waals surface area contributed by atoms with Gasteiger partial charge in [0.25, 0.3) is 5.91 Å². The predicted octanol–water partition coefficient (Wildman–Crippen LogP) is 5.89. The van der Waals surface area contributed by atoms with Crippen LogP contribution in [0.4, 0.5) is 5.69 Å². The lowest BCUT2D eigenvalue weighted by Gasteiger charge is -2.14. The van der Waals surface area contributed by atoms with Crippen molar-refractivity contribution in [2.24, 2.45) is 0 Å². The second-order valence-electron chi connectivity index (χ2n) is 6.12. The number of nitrogens with one attached hydrogen (secondary N) is 1. The summed E-state index contributed by atoms with van der Waals surface area (Å²) >= 11 is 24.4. The van der Waals surface area contributed by atoms with Gasteiger partial charge in [-0.15, -0.1) is 0 Å². The van der Waals surface area contributed by atoms with Crippen LogP contribution in [0.3, 0.4) is 0 Å². The number of anilines is 1. The first-order valence-corrected chi connectivity index (χ1v) is 11.0. The maximum absolute atomic E-state index is 12.8. The minimum absolute atomic E-state index is 0.0327. The zero-order chi connectivity index (χ0) is 21.8. The minimum atomic E-state index is -0.335. The predicted molar refractivity (Wildman–Crippen MR) is 128 cm³/mol. The molecule has 0 aliphatic carbocycles. The van der Waals surface area contributed by atoms with E-state index in [9.17, 15) is 9.59 Å². The van der Waals surface area contributed by atoms with Crippen molar-refractivity contribution in [2.75, 3.05) is 19.0 Å². The summed E-state index contributed by atoms with van der Waals surface area (Å²) in [5.41, 5.74) is 1.12. The number of methoxy groups -OCH3 is 1. The molecule has 1 aliphatic rings. The third-order valence-electron chi connectivity index (χ3n) is 4.15.